The van der Waals surface area contributed by atoms with Crippen molar-refractivity contribution in [1.82, 2.24) is 25.1 Å². The van der Waals surface area contributed by atoms with E-state index in [2.05, 4.69) is 37.0 Å². The number of rotatable bonds is 9. The lowest BCUT2D eigenvalue weighted by Gasteiger charge is -2.33. The van der Waals surface area contributed by atoms with Crippen LogP contribution in [0.15, 0.2) is 42.6 Å². The molecule has 2 fully saturated rings. The number of nitrogens with one attached hydrogen (secondary N) is 3. The van der Waals surface area contributed by atoms with E-state index in [1.165, 1.54) is 0 Å². The normalized spacial score (nSPS) is 18.6. The van der Waals surface area contributed by atoms with Crippen LogP contribution < -0.4 is 25.8 Å². The summed E-state index contributed by atoms with van der Waals surface area (Å²) in [6.07, 6.45) is 4.94. The second kappa shape index (κ2) is 12.9. The van der Waals surface area contributed by atoms with E-state index in [4.69, 9.17) is 16.6 Å². The van der Waals surface area contributed by atoms with Gasteiger partial charge in [0.1, 0.15) is 5.02 Å². The van der Waals surface area contributed by atoms with Gasteiger partial charge in [-0.25, -0.2) is 4.98 Å². The summed E-state index contributed by atoms with van der Waals surface area (Å²) >= 11 is 6.53. The molecule has 5 heterocycles. The van der Waals surface area contributed by atoms with Gasteiger partial charge in [0.15, 0.2) is 5.82 Å². The smallest absolute Gasteiger partial charge is 0.235 e. The summed E-state index contributed by atoms with van der Waals surface area (Å²) in [4.78, 5) is 50.0. The molecule has 13 nitrogen and oxygen atoms in total. The summed E-state index contributed by atoms with van der Waals surface area (Å²) in [6.45, 7) is 5.43. The molecule has 0 radical (unpaired) electrons. The molecular formula is C35H40ClN9O4. The van der Waals surface area contributed by atoms with E-state index in [1.54, 1.807) is 29.6 Å². The number of benzene rings is 2. The predicted octanol–water partition coefficient (Wildman–Crippen LogP) is 4.41. The maximum atomic E-state index is 12.7. The first-order valence-electron chi connectivity index (χ1n) is 16.7. The standard InChI is InChI=1S/C35H40ClN9O4/c1-35(2,49)12-15-45-27-17-23(5-4-20(27)16-30(45)47)39-32-26(36)19-37-34(41-32)44-13-10-21(11-14-44)38-22-6-7-24-28(18-22)43(3)42-31(24)25-8-9-29(46)40-33(25)48/h4-7,17-19,21,25,38,49H,8-16H2,1-3H3,(H,37,39,41)(H,40,46,48). The number of halogens is 1. The van der Waals surface area contributed by atoms with Crippen molar-refractivity contribution in [3.8, 4) is 0 Å². The third-order valence-corrected chi connectivity index (χ3v) is 9.83. The fraction of sp³-hybridized carbons (Fsp3) is 0.429. The SMILES string of the molecule is Cn1nc(C2CCC(=O)NC2=O)c2ccc(NC3CCN(c4ncc(Cl)c(Nc5ccc6c(c5)N(CCC(C)(C)O)C(=O)C6)n4)CC3)cc21. The van der Waals surface area contributed by atoms with Crippen molar-refractivity contribution in [3.05, 3.63) is 58.9 Å². The number of nitrogens with zero attached hydrogens (tertiary/aromatic N) is 6. The van der Waals surface area contributed by atoms with E-state index in [1.807, 2.05) is 37.4 Å². The summed E-state index contributed by atoms with van der Waals surface area (Å²) in [5, 5.41) is 25.6. The first kappa shape index (κ1) is 32.8. The van der Waals surface area contributed by atoms with Gasteiger partial charge >= 0.3 is 0 Å². The minimum atomic E-state index is -0.867. The number of hydrogen-bond acceptors (Lipinski definition) is 10. The van der Waals surface area contributed by atoms with Gasteiger partial charge in [-0.05, 0) is 75.4 Å². The van der Waals surface area contributed by atoms with Crippen LogP contribution in [0.2, 0.25) is 5.02 Å². The van der Waals surface area contributed by atoms with E-state index >= 15 is 0 Å². The zero-order chi connectivity index (χ0) is 34.4. The van der Waals surface area contributed by atoms with Gasteiger partial charge in [0.05, 0.1) is 35.3 Å². The first-order valence-corrected chi connectivity index (χ1v) is 17.1. The van der Waals surface area contributed by atoms with Gasteiger partial charge in [0.2, 0.25) is 23.7 Å². The molecule has 49 heavy (non-hydrogen) atoms. The molecule has 1 atom stereocenters. The van der Waals surface area contributed by atoms with Gasteiger partial charge in [-0.2, -0.15) is 10.1 Å². The van der Waals surface area contributed by atoms with Crippen molar-refractivity contribution in [2.75, 3.05) is 40.1 Å². The van der Waals surface area contributed by atoms with Gasteiger partial charge in [-0.1, -0.05) is 17.7 Å². The summed E-state index contributed by atoms with van der Waals surface area (Å²) in [7, 11) is 1.87. The van der Waals surface area contributed by atoms with Crippen molar-refractivity contribution in [2.24, 2.45) is 7.05 Å². The summed E-state index contributed by atoms with van der Waals surface area (Å²) < 4.78 is 1.79. The Labute approximate surface area is 289 Å². The Hall–Kier alpha value is -4.75. The zero-order valence-electron chi connectivity index (χ0n) is 27.8. The minimum absolute atomic E-state index is 0.0214. The highest BCUT2D eigenvalue weighted by molar-refractivity contribution is 6.33. The maximum absolute atomic E-state index is 12.7. The Morgan fingerprint density at radius 3 is 2.59 bits per heavy atom. The van der Waals surface area contributed by atoms with Gasteiger partial charge in [-0.3, -0.25) is 24.4 Å². The fourth-order valence-corrected chi connectivity index (χ4v) is 6.98. The molecule has 2 aromatic heterocycles. The molecule has 0 saturated carbocycles. The minimum Gasteiger partial charge on any atom is -0.390 e. The van der Waals surface area contributed by atoms with Crippen LogP contribution in [0.1, 0.15) is 63.1 Å². The number of aromatic nitrogens is 4. The van der Waals surface area contributed by atoms with E-state index in [0.29, 0.717) is 54.7 Å². The molecule has 2 saturated heterocycles. The van der Waals surface area contributed by atoms with E-state index in [9.17, 15) is 19.5 Å². The highest BCUT2D eigenvalue weighted by Crippen LogP contribution is 2.35. The Balaban J connectivity index is 0.990. The molecule has 4 N–H and O–H groups in total. The molecule has 0 aliphatic carbocycles. The van der Waals surface area contributed by atoms with Gasteiger partial charge in [0.25, 0.3) is 0 Å². The summed E-state index contributed by atoms with van der Waals surface area (Å²) in [6, 6.07) is 12.1. The molecule has 4 aromatic rings. The second-order valence-corrected chi connectivity index (χ2v) is 14.2. The number of fused-ring (bicyclic) bond motifs is 2. The average molecular weight is 686 g/mol. The van der Waals surface area contributed by atoms with Crippen LogP contribution in [0.5, 0.6) is 0 Å². The number of amides is 3. The number of aryl methyl sites for hydroxylation is 1. The molecule has 256 valence electrons. The predicted molar refractivity (Wildman–Crippen MR) is 188 cm³/mol. The van der Waals surface area contributed by atoms with E-state index in [0.717, 1.165) is 59.5 Å². The number of anilines is 5. The van der Waals surface area contributed by atoms with Crippen LogP contribution in [0.3, 0.4) is 0 Å². The number of hydrogen-bond donors (Lipinski definition) is 4. The third kappa shape index (κ3) is 6.90. The molecule has 0 bridgehead atoms. The summed E-state index contributed by atoms with van der Waals surface area (Å²) in [5.41, 5.74) is 4.28. The van der Waals surface area contributed by atoms with Crippen molar-refractivity contribution < 1.29 is 19.5 Å². The lowest BCUT2D eigenvalue weighted by Crippen LogP contribution is -2.40. The van der Waals surface area contributed by atoms with Crippen LogP contribution >= 0.6 is 11.6 Å². The topological polar surface area (TPSA) is 158 Å². The van der Waals surface area contributed by atoms with Gasteiger partial charge in [0, 0.05) is 61.6 Å². The maximum Gasteiger partial charge on any atom is 0.235 e. The van der Waals surface area contributed by atoms with E-state index in [-0.39, 0.29) is 23.8 Å². The third-order valence-electron chi connectivity index (χ3n) is 9.56. The molecule has 3 amide bonds. The van der Waals surface area contributed by atoms with Crippen LogP contribution in [0.4, 0.5) is 28.8 Å². The van der Waals surface area contributed by atoms with Crippen LogP contribution in [-0.2, 0) is 27.9 Å². The molecule has 2 aromatic carbocycles. The number of imide groups is 1. The lowest BCUT2D eigenvalue weighted by molar-refractivity contribution is -0.134. The molecule has 0 spiro atoms. The van der Waals surface area contributed by atoms with Gasteiger partial charge in [-0.15, -0.1) is 0 Å². The Kier molecular flexibility index (Phi) is 8.65. The largest absolute Gasteiger partial charge is 0.390 e. The van der Waals surface area contributed by atoms with Crippen molar-refractivity contribution in [1.29, 1.82) is 0 Å². The number of carbonyl (C=O) groups is 3. The van der Waals surface area contributed by atoms with Crippen LogP contribution in [0, 0.1) is 0 Å². The molecule has 3 aliphatic rings. The molecule has 1 unspecified atom stereocenters. The summed E-state index contributed by atoms with van der Waals surface area (Å²) in [5.74, 6) is 0.138. The molecule has 7 rings (SSSR count). The fourth-order valence-electron chi connectivity index (χ4n) is 6.85. The zero-order valence-corrected chi connectivity index (χ0v) is 28.5. The average Bonchev–Trinajstić information content (AvgIpc) is 3.55. The molecule has 3 aliphatic heterocycles. The van der Waals surface area contributed by atoms with Crippen molar-refractivity contribution in [2.45, 2.75) is 69.9 Å². The first-order chi connectivity index (χ1) is 23.4. The Bertz CT molecular complexity index is 1950. The Morgan fingerprint density at radius 2 is 1.84 bits per heavy atom. The molecular weight excluding hydrogens is 646 g/mol. The second-order valence-electron chi connectivity index (χ2n) is 13.8. The highest BCUT2D eigenvalue weighted by atomic mass is 35.5. The monoisotopic (exact) mass is 685 g/mol. The van der Waals surface area contributed by atoms with Gasteiger partial charge < -0.3 is 25.5 Å². The van der Waals surface area contributed by atoms with Crippen molar-refractivity contribution >= 4 is 69.1 Å². The Morgan fingerprint density at radius 1 is 1.06 bits per heavy atom. The quantitative estimate of drug-likeness (QED) is 0.186. The number of piperidine rings is 2. The van der Waals surface area contributed by atoms with E-state index < -0.39 is 11.5 Å². The lowest BCUT2D eigenvalue weighted by atomic mass is 9.93. The molecule has 14 heteroatoms. The van der Waals surface area contributed by atoms with Crippen LogP contribution in [-0.4, -0.2) is 73.9 Å². The van der Waals surface area contributed by atoms with Crippen molar-refractivity contribution in [3.63, 3.8) is 0 Å². The number of aliphatic hydroxyl groups is 1. The highest BCUT2D eigenvalue weighted by Gasteiger charge is 2.32. The number of carbonyl (C=O) groups excluding carboxylic acids is 3. The van der Waals surface area contributed by atoms with Crippen LogP contribution in [0.25, 0.3) is 10.9 Å².